The van der Waals surface area contributed by atoms with Crippen LogP contribution in [0, 0.1) is 11.8 Å². The first kappa shape index (κ1) is 13.9. The molecular formula is C15H28N2O. The van der Waals surface area contributed by atoms with Crippen LogP contribution in [0.1, 0.15) is 64.2 Å². The molecule has 0 bridgehead atoms. The summed E-state index contributed by atoms with van der Waals surface area (Å²) in [6.07, 6.45) is 12.4. The van der Waals surface area contributed by atoms with Gasteiger partial charge in [0.15, 0.2) is 0 Å². The molecule has 2 atom stereocenters. The molecule has 0 aromatic heterocycles. The van der Waals surface area contributed by atoms with Gasteiger partial charge < -0.3 is 11.1 Å². The van der Waals surface area contributed by atoms with Gasteiger partial charge in [-0.2, -0.15) is 0 Å². The predicted octanol–water partition coefficient (Wildman–Crippen LogP) is 2.59. The van der Waals surface area contributed by atoms with Crippen molar-refractivity contribution in [3.8, 4) is 0 Å². The minimum Gasteiger partial charge on any atom is -0.356 e. The first-order valence-electron chi connectivity index (χ1n) is 7.80. The second kappa shape index (κ2) is 7.13. The van der Waals surface area contributed by atoms with E-state index in [1.807, 2.05) is 0 Å². The van der Waals surface area contributed by atoms with E-state index in [1.165, 1.54) is 38.5 Å². The molecule has 0 aromatic carbocycles. The summed E-state index contributed by atoms with van der Waals surface area (Å²) in [5.74, 6) is 1.13. The fraction of sp³-hybridized carbons (Fsp3) is 0.933. The molecule has 0 aromatic rings. The molecule has 0 heterocycles. The smallest absolute Gasteiger partial charge is 0.224 e. The molecule has 104 valence electrons. The van der Waals surface area contributed by atoms with Crippen LogP contribution in [-0.2, 0) is 4.79 Å². The van der Waals surface area contributed by atoms with Crippen molar-refractivity contribution < 1.29 is 4.79 Å². The summed E-state index contributed by atoms with van der Waals surface area (Å²) in [6.45, 7) is 0.854. The van der Waals surface area contributed by atoms with E-state index in [-0.39, 0.29) is 17.9 Å². The first-order chi connectivity index (χ1) is 8.77. The van der Waals surface area contributed by atoms with Crippen LogP contribution < -0.4 is 11.1 Å². The monoisotopic (exact) mass is 252 g/mol. The SMILES string of the molecule is NC1CCCCC1C(=O)NCCC1CCCCC1. The zero-order valence-corrected chi connectivity index (χ0v) is 11.5. The van der Waals surface area contributed by atoms with Gasteiger partial charge in [0.05, 0.1) is 5.92 Å². The minimum atomic E-state index is 0.0742. The number of carbonyl (C=O) groups is 1. The average molecular weight is 252 g/mol. The van der Waals surface area contributed by atoms with Crippen LogP contribution in [0.2, 0.25) is 0 Å². The normalized spacial score (nSPS) is 30.1. The van der Waals surface area contributed by atoms with E-state index in [2.05, 4.69) is 5.32 Å². The summed E-state index contributed by atoms with van der Waals surface area (Å²) in [5.41, 5.74) is 6.03. The lowest BCUT2D eigenvalue weighted by molar-refractivity contribution is -0.126. The third kappa shape index (κ3) is 3.98. The quantitative estimate of drug-likeness (QED) is 0.808. The summed E-state index contributed by atoms with van der Waals surface area (Å²) >= 11 is 0. The summed E-state index contributed by atoms with van der Waals surface area (Å²) in [6, 6.07) is 0.0911. The lowest BCUT2D eigenvalue weighted by Gasteiger charge is -2.28. The number of hydrogen-bond acceptors (Lipinski definition) is 2. The summed E-state index contributed by atoms with van der Waals surface area (Å²) < 4.78 is 0. The van der Waals surface area contributed by atoms with Crippen molar-refractivity contribution in [2.24, 2.45) is 17.6 Å². The van der Waals surface area contributed by atoms with E-state index in [0.29, 0.717) is 0 Å². The van der Waals surface area contributed by atoms with Gasteiger partial charge in [-0.3, -0.25) is 4.79 Å². The summed E-state index contributed by atoms with van der Waals surface area (Å²) in [5, 5.41) is 3.11. The van der Waals surface area contributed by atoms with Gasteiger partial charge >= 0.3 is 0 Å². The Balaban J connectivity index is 1.64. The summed E-state index contributed by atoms with van der Waals surface area (Å²) in [4.78, 5) is 12.1. The Bertz CT molecular complexity index is 261. The molecule has 2 saturated carbocycles. The zero-order chi connectivity index (χ0) is 12.8. The molecule has 2 fully saturated rings. The zero-order valence-electron chi connectivity index (χ0n) is 11.5. The van der Waals surface area contributed by atoms with Gasteiger partial charge in [0.1, 0.15) is 0 Å². The molecule has 2 aliphatic carbocycles. The van der Waals surface area contributed by atoms with Crippen molar-refractivity contribution in [2.75, 3.05) is 6.54 Å². The lowest BCUT2D eigenvalue weighted by atomic mass is 9.84. The van der Waals surface area contributed by atoms with E-state index in [9.17, 15) is 4.79 Å². The third-order valence-electron chi connectivity index (χ3n) is 4.73. The maximum absolute atomic E-state index is 12.1. The van der Waals surface area contributed by atoms with Gasteiger partial charge in [-0.1, -0.05) is 44.9 Å². The second-order valence-electron chi connectivity index (χ2n) is 6.14. The number of carbonyl (C=O) groups excluding carboxylic acids is 1. The first-order valence-corrected chi connectivity index (χ1v) is 7.80. The van der Waals surface area contributed by atoms with Crippen molar-refractivity contribution in [3.63, 3.8) is 0 Å². The molecule has 0 saturated heterocycles. The Kier molecular flexibility index (Phi) is 5.48. The predicted molar refractivity (Wildman–Crippen MR) is 74.1 cm³/mol. The number of hydrogen-bond donors (Lipinski definition) is 2. The second-order valence-corrected chi connectivity index (χ2v) is 6.14. The molecule has 2 aliphatic rings. The highest BCUT2D eigenvalue weighted by Crippen LogP contribution is 2.26. The molecule has 18 heavy (non-hydrogen) atoms. The summed E-state index contributed by atoms with van der Waals surface area (Å²) in [7, 11) is 0. The van der Waals surface area contributed by atoms with Crippen molar-refractivity contribution in [1.29, 1.82) is 0 Å². The molecule has 3 heteroatoms. The van der Waals surface area contributed by atoms with Crippen molar-refractivity contribution in [2.45, 2.75) is 70.3 Å². The molecule has 2 unspecified atom stereocenters. The Morgan fingerprint density at radius 1 is 1.00 bits per heavy atom. The van der Waals surface area contributed by atoms with Crippen LogP contribution in [0.4, 0.5) is 0 Å². The maximum Gasteiger partial charge on any atom is 0.224 e. The standard InChI is InChI=1S/C15H28N2O/c16-14-9-5-4-8-13(14)15(18)17-11-10-12-6-2-1-3-7-12/h12-14H,1-11,16H2,(H,17,18). The number of nitrogens with one attached hydrogen (secondary N) is 1. The third-order valence-corrected chi connectivity index (χ3v) is 4.73. The average Bonchev–Trinajstić information content (AvgIpc) is 2.40. The van der Waals surface area contributed by atoms with Gasteiger partial charge in [-0.15, -0.1) is 0 Å². The van der Waals surface area contributed by atoms with E-state index >= 15 is 0 Å². The van der Waals surface area contributed by atoms with Crippen LogP contribution in [-0.4, -0.2) is 18.5 Å². The van der Waals surface area contributed by atoms with Crippen molar-refractivity contribution >= 4 is 5.91 Å². The topological polar surface area (TPSA) is 55.1 Å². The van der Waals surface area contributed by atoms with E-state index in [0.717, 1.165) is 38.1 Å². The maximum atomic E-state index is 12.1. The van der Waals surface area contributed by atoms with Crippen LogP contribution in [0.3, 0.4) is 0 Å². The van der Waals surface area contributed by atoms with Crippen LogP contribution in [0.15, 0.2) is 0 Å². The molecule has 2 rings (SSSR count). The van der Waals surface area contributed by atoms with Gasteiger partial charge in [0, 0.05) is 12.6 Å². The number of rotatable bonds is 4. The van der Waals surface area contributed by atoms with Crippen LogP contribution in [0.5, 0.6) is 0 Å². The van der Waals surface area contributed by atoms with Gasteiger partial charge in [-0.25, -0.2) is 0 Å². The van der Waals surface area contributed by atoms with Crippen LogP contribution >= 0.6 is 0 Å². The highest BCUT2D eigenvalue weighted by molar-refractivity contribution is 5.79. The Morgan fingerprint density at radius 2 is 1.67 bits per heavy atom. The van der Waals surface area contributed by atoms with E-state index < -0.39 is 0 Å². The molecule has 0 spiro atoms. The Morgan fingerprint density at radius 3 is 2.39 bits per heavy atom. The lowest BCUT2D eigenvalue weighted by Crippen LogP contribution is -2.44. The fourth-order valence-corrected chi connectivity index (χ4v) is 3.49. The molecular weight excluding hydrogens is 224 g/mol. The minimum absolute atomic E-state index is 0.0742. The van der Waals surface area contributed by atoms with Gasteiger partial charge in [-0.05, 0) is 25.2 Å². The number of amides is 1. The Hall–Kier alpha value is -0.570. The Labute approximate surface area is 111 Å². The fourth-order valence-electron chi connectivity index (χ4n) is 3.49. The van der Waals surface area contributed by atoms with E-state index in [1.54, 1.807) is 0 Å². The van der Waals surface area contributed by atoms with Crippen molar-refractivity contribution in [3.05, 3.63) is 0 Å². The molecule has 1 amide bonds. The molecule has 3 nitrogen and oxygen atoms in total. The largest absolute Gasteiger partial charge is 0.356 e. The highest BCUT2D eigenvalue weighted by atomic mass is 16.1. The number of nitrogens with two attached hydrogens (primary N) is 1. The van der Waals surface area contributed by atoms with Crippen LogP contribution in [0.25, 0.3) is 0 Å². The molecule has 3 N–H and O–H groups in total. The molecule has 0 radical (unpaired) electrons. The van der Waals surface area contributed by atoms with E-state index in [4.69, 9.17) is 5.73 Å². The highest BCUT2D eigenvalue weighted by Gasteiger charge is 2.27. The van der Waals surface area contributed by atoms with Gasteiger partial charge in [0.25, 0.3) is 0 Å². The van der Waals surface area contributed by atoms with Crippen molar-refractivity contribution in [1.82, 2.24) is 5.32 Å². The van der Waals surface area contributed by atoms with Gasteiger partial charge in [0.2, 0.25) is 5.91 Å². The molecule has 0 aliphatic heterocycles.